The number of rotatable bonds is 3. The molecule has 2 aliphatic heterocycles. The zero-order valence-electron chi connectivity index (χ0n) is 21.6. The molecule has 0 saturated heterocycles. The number of ether oxygens (including phenoxy) is 1. The van der Waals surface area contributed by atoms with Gasteiger partial charge in [-0.25, -0.2) is 0 Å². The monoisotopic (exact) mass is 513 g/mol. The molecule has 0 unspecified atom stereocenters. The molecule has 1 amide bonds. The molecule has 1 saturated carbocycles. The van der Waals surface area contributed by atoms with Crippen LogP contribution >= 0.6 is 0 Å². The first-order chi connectivity index (χ1) is 19.1. The normalized spacial score (nSPS) is 21.6. The predicted molar refractivity (Wildman–Crippen MR) is 152 cm³/mol. The van der Waals surface area contributed by atoms with Gasteiger partial charge >= 0.3 is 0 Å². The molecule has 6 aromatic rings. The average Bonchev–Trinajstić information content (AvgIpc) is 3.66. The Kier molecular flexibility index (Phi) is 4.12. The zero-order chi connectivity index (χ0) is 26.0. The summed E-state index contributed by atoms with van der Waals surface area (Å²) in [6.07, 6.45) is 1.21. The second kappa shape index (κ2) is 7.42. The van der Waals surface area contributed by atoms with Crippen molar-refractivity contribution < 1.29 is 14.6 Å². The minimum Gasteiger partial charge on any atom is -0.497 e. The molecular weight excluding hydrogens is 486 g/mol. The van der Waals surface area contributed by atoms with Crippen LogP contribution in [0.15, 0.2) is 72.8 Å². The van der Waals surface area contributed by atoms with Crippen LogP contribution in [0, 0.1) is 0 Å². The second-order valence-electron chi connectivity index (χ2n) is 11.3. The average molecular weight is 514 g/mol. The van der Waals surface area contributed by atoms with E-state index in [1.807, 2.05) is 29.2 Å². The molecule has 4 aromatic carbocycles. The molecule has 9 rings (SSSR count). The molecule has 3 atom stereocenters. The zero-order valence-corrected chi connectivity index (χ0v) is 21.6. The number of hydrogen-bond acceptors (Lipinski definition) is 3. The third-order valence-corrected chi connectivity index (χ3v) is 9.45. The summed E-state index contributed by atoms with van der Waals surface area (Å²) >= 11 is 0. The Labute approximate surface area is 224 Å². The first-order valence-corrected chi connectivity index (χ1v) is 13.7. The first-order valence-electron chi connectivity index (χ1n) is 13.7. The topological polar surface area (TPSA) is 59.6 Å². The van der Waals surface area contributed by atoms with E-state index in [4.69, 9.17) is 4.74 Å². The van der Waals surface area contributed by atoms with Gasteiger partial charge < -0.3 is 23.9 Å². The van der Waals surface area contributed by atoms with Gasteiger partial charge in [0.1, 0.15) is 5.75 Å². The molecule has 4 heterocycles. The van der Waals surface area contributed by atoms with Crippen LogP contribution in [0.3, 0.4) is 0 Å². The van der Waals surface area contributed by atoms with E-state index in [0.29, 0.717) is 13.1 Å². The van der Waals surface area contributed by atoms with Crippen LogP contribution in [0.2, 0.25) is 0 Å². The Hall–Kier alpha value is -4.29. The molecule has 39 heavy (non-hydrogen) atoms. The number of aromatic nitrogens is 2. The van der Waals surface area contributed by atoms with Gasteiger partial charge in [-0.15, -0.1) is 0 Å². The molecule has 6 heteroatoms. The van der Waals surface area contributed by atoms with Gasteiger partial charge in [0.2, 0.25) is 0 Å². The smallest absolute Gasteiger partial charge is 0.255 e. The standard InChI is InChI=1S/C33H27N3O3/c1-39-20-12-10-18(11-13-20)16-34-17-23-28-21-6-2-5-9-25(21)36-26-14-19(15-27(26)37)35-24-8-4-3-7-22(24)29(30(23)33(34)38)32(35)31(28)36/h2-13,19,26-27,37H,14-17H2,1H3/t19-,26+,27+/m0/s1. The van der Waals surface area contributed by atoms with Crippen molar-refractivity contribution in [3.63, 3.8) is 0 Å². The number of hydrogen-bond donors (Lipinski definition) is 1. The summed E-state index contributed by atoms with van der Waals surface area (Å²) in [6, 6.07) is 25.2. The maximum absolute atomic E-state index is 14.3. The molecule has 1 fully saturated rings. The van der Waals surface area contributed by atoms with Crippen LogP contribution in [0.5, 0.6) is 5.75 Å². The highest BCUT2D eigenvalue weighted by Crippen LogP contribution is 2.54. The summed E-state index contributed by atoms with van der Waals surface area (Å²) in [7, 11) is 1.67. The Bertz CT molecular complexity index is 2020. The summed E-state index contributed by atoms with van der Waals surface area (Å²) in [4.78, 5) is 16.3. The number of nitrogens with zero attached hydrogens (tertiary/aromatic N) is 3. The third-order valence-electron chi connectivity index (χ3n) is 9.45. The van der Waals surface area contributed by atoms with Crippen molar-refractivity contribution in [2.75, 3.05) is 7.11 Å². The number of carbonyl (C=O) groups is 1. The maximum Gasteiger partial charge on any atom is 0.255 e. The van der Waals surface area contributed by atoms with Gasteiger partial charge in [-0.1, -0.05) is 48.5 Å². The Morgan fingerprint density at radius 2 is 1.51 bits per heavy atom. The number of fused-ring (bicyclic) bond motifs is 13. The summed E-state index contributed by atoms with van der Waals surface area (Å²) < 4.78 is 10.2. The van der Waals surface area contributed by atoms with Crippen LogP contribution < -0.4 is 4.74 Å². The number of aliphatic hydroxyl groups excluding tert-OH is 1. The van der Waals surface area contributed by atoms with Gasteiger partial charge in [0, 0.05) is 51.7 Å². The molecule has 0 spiro atoms. The van der Waals surface area contributed by atoms with Crippen LogP contribution in [0.4, 0.5) is 0 Å². The second-order valence-corrected chi connectivity index (χ2v) is 11.3. The van der Waals surface area contributed by atoms with E-state index in [2.05, 4.69) is 57.7 Å². The van der Waals surface area contributed by atoms with Crippen molar-refractivity contribution in [3.8, 4) is 5.75 Å². The molecule has 1 aliphatic carbocycles. The van der Waals surface area contributed by atoms with Gasteiger partial charge in [0.25, 0.3) is 5.91 Å². The lowest BCUT2D eigenvalue weighted by atomic mass is 9.97. The number of para-hydroxylation sites is 2. The molecule has 0 radical (unpaired) electrons. The molecule has 6 nitrogen and oxygen atoms in total. The van der Waals surface area contributed by atoms with E-state index in [0.717, 1.165) is 62.6 Å². The number of benzene rings is 4. The summed E-state index contributed by atoms with van der Waals surface area (Å²) in [6.45, 7) is 1.11. The lowest BCUT2D eigenvalue weighted by Gasteiger charge is -2.20. The van der Waals surface area contributed by atoms with Crippen molar-refractivity contribution in [1.82, 2.24) is 14.0 Å². The minimum atomic E-state index is -0.403. The van der Waals surface area contributed by atoms with E-state index < -0.39 is 6.10 Å². The van der Waals surface area contributed by atoms with Gasteiger partial charge in [-0.3, -0.25) is 4.79 Å². The molecule has 2 aromatic heterocycles. The first kappa shape index (κ1) is 21.6. The van der Waals surface area contributed by atoms with Gasteiger partial charge in [-0.2, -0.15) is 0 Å². The summed E-state index contributed by atoms with van der Waals surface area (Å²) in [5.74, 6) is 0.905. The van der Waals surface area contributed by atoms with Crippen molar-refractivity contribution in [2.24, 2.45) is 0 Å². The van der Waals surface area contributed by atoms with Crippen LogP contribution in [0.1, 0.15) is 46.4 Å². The van der Waals surface area contributed by atoms with Gasteiger partial charge in [0.15, 0.2) is 0 Å². The van der Waals surface area contributed by atoms with Gasteiger partial charge in [-0.05, 0) is 48.2 Å². The van der Waals surface area contributed by atoms with Crippen LogP contribution in [0.25, 0.3) is 43.6 Å². The van der Waals surface area contributed by atoms with Crippen molar-refractivity contribution >= 4 is 49.5 Å². The fraction of sp³-hybridized carbons (Fsp3) is 0.242. The lowest BCUT2D eigenvalue weighted by molar-refractivity contribution is 0.0768. The SMILES string of the molecule is COc1ccc(CN2Cc3c(c4c5ccccc5n5c4c4c3c3ccccc3n4[C@@H]3C[C@H]5C[C@H]3O)C2=O)cc1. The fourth-order valence-corrected chi connectivity index (χ4v) is 7.90. The molecule has 1 N–H and O–H groups in total. The van der Waals surface area contributed by atoms with E-state index in [1.165, 1.54) is 16.3 Å². The Morgan fingerprint density at radius 1 is 0.846 bits per heavy atom. The molecular formula is C33H27N3O3. The molecule has 3 aliphatic rings. The van der Waals surface area contributed by atoms with Gasteiger partial charge in [0.05, 0.1) is 35.9 Å². The minimum absolute atomic E-state index is 0.0184. The number of aliphatic hydroxyl groups is 1. The van der Waals surface area contributed by atoms with E-state index >= 15 is 0 Å². The van der Waals surface area contributed by atoms with Crippen LogP contribution in [-0.4, -0.2) is 38.3 Å². The Morgan fingerprint density at radius 3 is 2.26 bits per heavy atom. The number of methoxy groups -OCH3 is 1. The lowest BCUT2D eigenvalue weighted by Crippen LogP contribution is -2.23. The highest BCUT2D eigenvalue weighted by Gasteiger charge is 2.44. The highest BCUT2D eigenvalue weighted by molar-refractivity contribution is 6.31. The molecule has 192 valence electrons. The van der Waals surface area contributed by atoms with E-state index in [1.54, 1.807) is 7.11 Å². The maximum atomic E-state index is 14.3. The highest BCUT2D eigenvalue weighted by atomic mass is 16.5. The number of carbonyl (C=O) groups excluding carboxylic acids is 1. The quantitative estimate of drug-likeness (QED) is 0.301. The fourth-order valence-electron chi connectivity index (χ4n) is 7.90. The summed E-state index contributed by atoms with van der Waals surface area (Å²) in [5, 5.41) is 15.9. The third kappa shape index (κ3) is 2.62. The van der Waals surface area contributed by atoms with Crippen LogP contribution in [-0.2, 0) is 13.1 Å². The molecule has 2 bridgehead atoms. The van der Waals surface area contributed by atoms with Crippen molar-refractivity contribution in [2.45, 2.75) is 44.1 Å². The van der Waals surface area contributed by atoms with Crippen molar-refractivity contribution in [1.29, 1.82) is 0 Å². The summed E-state index contributed by atoms with van der Waals surface area (Å²) in [5.41, 5.74) is 7.67. The largest absolute Gasteiger partial charge is 0.497 e. The van der Waals surface area contributed by atoms with E-state index in [9.17, 15) is 9.90 Å². The van der Waals surface area contributed by atoms with E-state index in [-0.39, 0.29) is 18.0 Å². The number of amides is 1. The van der Waals surface area contributed by atoms with Crippen molar-refractivity contribution in [3.05, 3.63) is 89.5 Å². The predicted octanol–water partition coefficient (Wildman–Crippen LogP) is 6.32. The Balaban J connectivity index is 1.40.